The molecule has 3 heteroatoms. The largest absolute Gasteiger partial charge is 0.456 e. The molecule has 0 amide bonds. The van der Waals surface area contributed by atoms with E-state index < -0.39 is 0 Å². The van der Waals surface area contributed by atoms with Crippen molar-refractivity contribution in [2.45, 2.75) is 13.8 Å². The van der Waals surface area contributed by atoms with E-state index in [1.807, 2.05) is 0 Å². The molecule has 7 aromatic rings. The van der Waals surface area contributed by atoms with Crippen molar-refractivity contribution in [1.82, 2.24) is 4.57 Å². The number of hydrogen-bond donors (Lipinski definition) is 0. The van der Waals surface area contributed by atoms with E-state index in [0.29, 0.717) is 0 Å². The fourth-order valence-electron chi connectivity index (χ4n) is 5.30. The number of rotatable bonds is 1. The topological polar surface area (TPSA) is 21.9 Å². The number of imidazole rings is 1. The van der Waals surface area contributed by atoms with Gasteiger partial charge in [0, 0.05) is 17.7 Å². The minimum absolute atomic E-state index is 0.935. The minimum atomic E-state index is 0.935. The van der Waals surface area contributed by atoms with Crippen LogP contribution in [0.25, 0.3) is 60.2 Å². The fraction of sp³-hybridized carbons (Fsp3) is 0.100. The van der Waals surface area contributed by atoms with Crippen molar-refractivity contribution >= 4 is 54.5 Å². The Labute approximate surface area is 191 Å². The molecule has 0 unspecified atom stereocenters. The zero-order valence-corrected chi connectivity index (χ0v) is 18.9. The van der Waals surface area contributed by atoms with Crippen LogP contribution in [0.4, 0.5) is 0 Å². The van der Waals surface area contributed by atoms with Gasteiger partial charge in [0.25, 0.3) is 5.82 Å². The number of hydrogen-bond acceptors (Lipinski definition) is 1. The molecule has 158 valence electrons. The quantitative estimate of drug-likeness (QED) is 0.252. The number of benzene rings is 5. The van der Waals surface area contributed by atoms with Crippen LogP contribution in [0.15, 0.2) is 89.3 Å². The van der Waals surface area contributed by atoms with Gasteiger partial charge in [0.05, 0.1) is 7.05 Å². The predicted octanol–water partition coefficient (Wildman–Crippen LogP) is 7.28. The lowest BCUT2D eigenvalue weighted by Crippen LogP contribution is -2.30. The van der Waals surface area contributed by atoms with Gasteiger partial charge in [0.2, 0.25) is 0 Å². The average molecular weight is 428 g/mol. The lowest BCUT2D eigenvalue weighted by atomic mass is 10.0. The van der Waals surface area contributed by atoms with Crippen LogP contribution in [-0.4, -0.2) is 4.57 Å². The summed E-state index contributed by atoms with van der Waals surface area (Å²) in [5.41, 5.74) is 6.79. The summed E-state index contributed by atoms with van der Waals surface area (Å²) in [4.78, 5) is 0. The van der Waals surface area contributed by atoms with Gasteiger partial charge in [-0.15, -0.1) is 0 Å². The Hall–Kier alpha value is -4.11. The number of aromatic nitrogens is 2. The third kappa shape index (κ3) is 2.53. The van der Waals surface area contributed by atoms with Crippen LogP contribution < -0.4 is 4.57 Å². The van der Waals surface area contributed by atoms with Gasteiger partial charge < -0.3 is 4.42 Å². The van der Waals surface area contributed by atoms with E-state index in [9.17, 15) is 0 Å². The Morgan fingerprint density at radius 3 is 2.03 bits per heavy atom. The second-order valence-corrected chi connectivity index (χ2v) is 9.06. The molecule has 0 fully saturated rings. The standard InChI is InChI=1S/C30H23N2O/c1-18-8-4-7-11-26(18)32-19(2)31(3)27-14-23-17-30-25(13-22(23)15-28(27)32)24-12-20-9-5-6-10-21(20)16-29(24)33-30/h4-17H,1-3H3/q+1. The van der Waals surface area contributed by atoms with Crippen LogP contribution in [0.1, 0.15) is 11.4 Å². The molecule has 0 spiro atoms. The summed E-state index contributed by atoms with van der Waals surface area (Å²) in [5, 5.41) is 7.18. The molecule has 2 heterocycles. The Balaban J connectivity index is 1.58. The number of para-hydroxylation sites is 1. The van der Waals surface area contributed by atoms with Crippen molar-refractivity contribution in [3.05, 3.63) is 96.3 Å². The average Bonchev–Trinajstić information content (AvgIpc) is 3.28. The highest BCUT2D eigenvalue weighted by Crippen LogP contribution is 2.36. The molecule has 0 bridgehead atoms. The molecular weight excluding hydrogens is 404 g/mol. The Kier molecular flexibility index (Phi) is 3.61. The van der Waals surface area contributed by atoms with E-state index in [1.54, 1.807) is 0 Å². The molecule has 5 aromatic carbocycles. The van der Waals surface area contributed by atoms with E-state index in [1.165, 1.54) is 55.0 Å². The maximum atomic E-state index is 6.31. The van der Waals surface area contributed by atoms with Gasteiger partial charge in [-0.05, 0) is 76.5 Å². The van der Waals surface area contributed by atoms with Gasteiger partial charge in [-0.3, -0.25) is 0 Å². The third-order valence-electron chi connectivity index (χ3n) is 7.16. The van der Waals surface area contributed by atoms with E-state index in [2.05, 4.69) is 115 Å². The molecule has 0 saturated carbocycles. The van der Waals surface area contributed by atoms with E-state index >= 15 is 0 Å². The number of aryl methyl sites for hydroxylation is 2. The lowest BCUT2D eigenvalue weighted by molar-refractivity contribution is -0.652. The maximum absolute atomic E-state index is 6.31. The zero-order chi connectivity index (χ0) is 22.3. The highest BCUT2D eigenvalue weighted by molar-refractivity contribution is 6.14. The van der Waals surface area contributed by atoms with Gasteiger partial charge in [-0.1, -0.05) is 42.5 Å². The number of fused-ring (bicyclic) bond motifs is 6. The van der Waals surface area contributed by atoms with Crippen LogP contribution in [-0.2, 0) is 7.05 Å². The van der Waals surface area contributed by atoms with E-state index in [-0.39, 0.29) is 0 Å². The van der Waals surface area contributed by atoms with Gasteiger partial charge >= 0.3 is 0 Å². The lowest BCUT2D eigenvalue weighted by Gasteiger charge is -2.04. The molecular formula is C30H23N2O+. The summed E-state index contributed by atoms with van der Waals surface area (Å²) < 4.78 is 11.0. The van der Waals surface area contributed by atoms with E-state index in [0.717, 1.165) is 16.6 Å². The Bertz CT molecular complexity index is 1900. The SMILES string of the molecule is Cc1ccccc1-n1c(C)[n+](C)c2cc3cc4oc5cc6ccccc6cc5c4cc3cc21. The molecule has 0 aliphatic heterocycles. The molecule has 3 nitrogen and oxygen atoms in total. The summed E-state index contributed by atoms with van der Waals surface area (Å²) in [5.74, 6) is 1.20. The van der Waals surface area contributed by atoms with Crippen LogP contribution in [0.3, 0.4) is 0 Å². The first-order valence-corrected chi connectivity index (χ1v) is 11.3. The van der Waals surface area contributed by atoms with Crippen LogP contribution in [0, 0.1) is 13.8 Å². The number of nitrogens with zero attached hydrogens (tertiary/aromatic N) is 2. The fourth-order valence-corrected chi connectivity index (χ4v) is 5.30. The first kappa shape index (κ1) is 18.5. The van der Waals surface area contributed by atoms with Crippen LogP contribution >= 0.6 is 0 Å². The number of furan rings is 1. The third-order valence-corrected chi connectivity index (χ3v) is 7.16. The maximum Gasteiger partial charge on any atom is 0.259 e. The monoisotopic (exact) mass is 427 g/mol. The molecule has 0 aliphatic rings. The molecule has 0 N–H and O–H groups in total. The summed E-state index contributed by atoms with van der Waals surface area (Å²) >= 11 is 0. The second-order valence-electron chi connectivity index (χ2n) is 9.06. The molecule has 0 radical (unpaired) electrons. The van der Waals surface area contributed by atoms with Gasteiger partial charge in [-0.2, -0.15) is 4.57 Å². The summed E-state index contributed by atoms with van der Waals surface area (Å²) in [6.07, 6.45) is 0. The first-order valence-electron chi connectivity index (χ1n) is 11.3. The second kappa shape index (κ2) is 6.46. The van der Waals surface area contributed by atoms with Crippen molar-refractivity contribution in [2.24, 2.45) is 7.05 Å². The molecule has 0 saturated heterocycles. The highest BCUT2D eigenvalue weighted by atomic mass is 16.3. The van der Waals surface area contributed by atoms with Gasteiger partial charge in [0.1, 0.15) is 16.9 Å². The summed E-state index contributed by atoms with van der Waals surface area (Å²) in [6.45, 7) is 4.36. The van der Waals surface area contributed by atoms with E-state index in [4.69, 9.17) is 4.42 Å². The van der Waals surface area contributed by atoms with Crippen molar-refractivity contribution in [3.63, 3.8) is 0 Å². The molecule has 2 aromatic heterocycles. The molecule has 7 rings (SSSR count). The Morgan fingerprint density at radius 2 is 1.27 bits per heavy atom. The normalized spacial score (nSPS) is 12.1. The molecule has 0 aliphatic carbocycles. The smallest absolute Gasteiger partial charge is 0.259 e. The summed E-state index contributed by atoms with van der Waals surface area (Å²) in [6, 6.07) is 30.5. The van der Waals surface area contributed by atoms with Crippen molar-refractivity contribution < 1.29 is 8.98 Å². The van der Waals surface area contributed by atoms with Crippen molar-refractivity contribution in [1.29, 1.82) is 0 Å². The first-order chi connectivity index (χ1) is 16.1. The predicted molar refractivity (Wildman–Crippen MR) is 136 cm³/mol. The van der Waals surface area contributed by atoms with Crippen molar-refractivity contribution in [3.8, 4) is 5.69 Å². The molecule has 0 atom stereocenters. The zero-order valence-electron chi connectivity index (χ0n) is 18.9. The molecule has 33 heavy (non-hydrogen) atoms. The Morgan fingerprint density at radius 1 is 0.667 bits per heavy atom. The van der Waals surface area contributed by atoms with Gasteiger partial charge in [-0.25, -0.2) is 4.57 Å². The minimum Gasteiger partial charge on any atom is -0.456 e. The van der Waals surface area contributed by atoms with Gasteiger partial charge in [0.15, 0.2) is 11.0 Å². The van der Waals surface area contributed by atoms with Crippen molar-refractivity contribution in [2.75, 3.05) is 0 Å². The van der Waals surface area contributed by atoms with Crippen LogP contribution in [0.2, 0.25) is 0 Å². The highest BCUT2D eigenvalue weighted by Gasteiger charge is 2.23. The van der Waals surface area contributed by atoms with Crippen LogP contribution in [0.5, 0.6) is 0 Å². The summed E-state index contributed by atoms with van der Waals surface area (Å²) in [7, 11) is 2.14.